The standard InChI is InChI=1S/C12H17FO3Si/c13-11-7-4-6-10(9-11)5-2-1-3-8-17-16-12(14)15/h4,6-7,9,12,14-15H,1-3,5,8H2. The molecule has 1 aromatic rings. The first-order valence-corrected chi connectivity index (χ1v) is 6.79. The van der Waals surface area contributed by atoms with E-state index in [-0.39, 0.29) is 15.6 Å². The second-order valence-corrected chi connectivity index (χ2v) is 4.80. The third-order valence-corrected chi connectivity index (χ3v) is 3.26. The van der Waals surface area contributed by atoms with Crippen LogP contribution in [-0.2, 0) is 10.8 Å². The summed E-state index contributed by atoms with van der Waals surface area (Å²) in [6, 6.07) is 7.49. The Bertz CT molecular complexity index is 320. The van der Waals surface area contributed by atoms with Gasteiger partial charge in [-0.2, -0.15) is 0 Å². The fourth-order valence-corrected chi connectivity index (χ4v) is 2.19. The molecule has 94 valence electrons. The number of benzene rings is 1. The normalized spacial score (nSPS) is 11.1. The Balaban J connectivity index is 2.01. The molecule has 0 fully saturated rings. The number of aliphatic hydroxyl groups is 2. The number of hydrogen-bond donors (Lipinski definition) is 2. The van der Waals surface area contributed by atoms with Crippen LogP contribution in [0.3, 0.4) is 0 Å². The molecule has 0 spiro atoms. The molecule has 3 nitrogen and oxygen atoms in total. The molecule has 0 aliphatic heterocycles. The van der Waals surface area contributed by atoms with Crippen LogP contribution in [-0.4, -0.2) is 26.5 Å². The second-order valence-electron chi connectivity index (χ2n) is 3.78. The summed E-state index contributed by atoms with van der Waals surface area (Å²) in [5.41, 5.74) is 1.02. The molecule has 2 N–H and O–H groups in total. The van der Waals surface area contributed by atoms with E-state index in [1.165, 1.54) is 6.07 Å². The minimum atomic E-state index is -1.65. The number of halogens is 1. The summed E-state index contributed by atoms with van der Waals surface area (Å²) in [6.45, 7) is -1.65. The summed E-state index contributed by atoms with van der Waals surface area (Å²) < 4.78 is 17.5. The zero-order chi connectivity index (χ0) is 12.5. The van der Waals surface area contributed by atoms with E-state index < -0.39 is 6.48 Å². The Hall–Kier alpha value is -0.753. The molecule has 5 heteroatoms. The van der Waals surface area contributed by atoms with Crippen molar-refractivity contribution in [2.75, 3.05) is 0 Å². The molecule has 1 aromatic carbocycles. The SMILES string of the molecule is OC(O)O[Si]CCCCCc1cccc(F)c1. The molecule has 17 heavy (non-hydrogen) atoms. The number of aryl methyl sites for hydroxylation is 1. The van der Waals surface area contributed by atoms with Crippen LogP contribution < -0.4 is 0 Å². The lowest BCUT2D eigenvalue weighted by Gasteiger charge is -2.04. The molecule has 0 bridgehead atoms. The van der Waals surface area contributed by atoms with Gasteiger partial charge in [-0.3, -0.25) is 0 Å². The zero-order valence-electron chi connectivity index (χ0n) is 9.60. The predicted molar refractivity (Wildman–Crippen MR) is 63.8 cm³/mol. The van der Waals surface area contributed by atoms with Gasteiger partial charge in [-0.25, -0.2) is 4.39 Å². The third kappa shape index (κ3) is 7.22. The lowest BCUT2D eigenvalue weighted by Crippen LogP contribution is -2.12. The molecule has 0 unspecified atom stereocenters. The molecular weight excluding hydrogens is 239 g/mol. The molecule has 0 aliphatic carbocycles. The Labute approximate surface area is 103 Å². The smallest absolute Gasteiger partial charge is 0.256 e. The van der Waals surface area contributed by atoms with Crippen LogP contribution in [0.25, 0.3) is 0 Å². The van der Waals surface area contributed by atoms with Crippen molar-refractivity contribution >= 4 is 9.76 Å². The monoisotopic (exact) mass is 256 g/mol. The second kappa shape index (κ2) is 8.35. The summed E-state index contributed by atoms with van der Waals surface area (Å²) >= 11 is 0. The minimum absolute atomic E-state index is 0.128. The fraction of sp³-hybridized carbons (Fsp3) is 0.500. The number of rotatable bonds is 8. The van der Waals surface area contributed by atoms with Crippen LogP contribution in [0.5, 0.6) is 0 Å². The van der Waals surface area contributed by atoms with Crippen molar-refractivity contribution in [3.63, 3.8) is 0 Å². The molecule has 0 atom stereocenters. The van der Waals surface area contributed by atoms with Gasteiger partial charge in [-0.15, -0.1) is 0 Å². The summed E-state index contributed by atoms with van der Waals surface area (Å²) in [4.78, 5) is 0. The van der Waals surface area contributed by atoms with Gasteiger partial charge in [0.25, 0.3) is 6.48 Å². The van der Waals surface area contributed by atoms with Crippen molar-refractivity contribution in [1.82, 2.24) is 0 Å². The van der Waals surface area contributed by atoms with E-state index in [0.29, 0.717) is 0 Å². The number of unbranched alkanes of at least 4 members (excludes halogenated alkanes) is 2. The van der Waals surface area contributed by atoms with Crippen LogP contribution in [0.4, 0.5) is 4.39 Å². The van der Waals surface area contributed by atoms with Gasteiger partial charge in [0, 0.05) is 0 Å². The number of hydrogen-bond acceptors (Lipinski definition) is 3. The Kier molecular flexibility index (Phi) is 7.03. The van der Waals surface area contributed by atoms with Gasteiger partial charge in [0.1, 0.15) is 5.82 Å². The third-order valence-electron chi connectivity index (χ3n) is 2.32. The lowest BCUT2D eigenvalue weighted by molar-refractivity contribution is -0.180. The van der Waals surface area contributed by atoms with Gasteiger partial charge >= 0.3 is 0 Å². The minimum Gasteiger partial charge on any atom is -0.372 e. The van der Waals surface area contributed by atoms with E-state index in [9.17, 15) is 4.39 Å². The Morgan fingerprint density at radius 3 is 2.76 bits per heavy atom. The van der Waals surface area contributed by atoms with Gasteiger partial charge in [0.05, 0.1) is 0 Å². The van der Waals surface area contributed by atoms with Crippen LogP contribution in [0.1, 0.15) is 24.8 Å². The van der Waals surface area contributed by atoms with E-state index >= 15 is 0 Å². The molecule has 0 amide bonds. The molecule has 0 aliphatic rings. The summed E-state index contributed by atoms with van der Waals surface area (Å²) in [7, 11) is 0.128. The average molecular weight is 256 g/mol. The quantitative estimate of drug-likeness (QED) is 0.424. The van der Waals surface area contributed by atoms with Crippen molar-refractivity contribution < 1.29 is 19.0 Å². The highest BCUT2D eigenvalue weighted by Gasteiger charge is 1.99. The van der Waals surface area contributed by atoms with E-state index in [4.69, 9.17) is 10.2 Å². The van der Waals surface area contributed by atoms with Crippen molar-refractivity contribution in [1.29, 1.82) is 0 Å². The van der Waals surface area contributed by atoms with Crippen LogP contribution in [0, 0.1) is 5.82 Å². The molecular formula is C12H17FO3Si. The van der Waals surface area contributed by atoms with Crippen molar-refractivity contribution in [3.05, 3.63) is 35.6 Å². The van der Waals surface area contributed by atoms with Gasteiger partial charge in [0.15, 0.2) is 0 Å². The maximum atomic E-state index is 12.9. The molecule has 0 heterocycles. The maximum Gasteiger partial charge on any atom is 0.256 e. The van der Waals surface area contributed by atoms with Crippen LogP contribution >= 0.6 is 0 Å². The van der Waals surface area contributed by atoms with Crippen molar-refractivity contribution in [2.45, 2.75) is 38.2 Å². The van der Waals surface area contributed by atoms with Crippen molar-refractivity contribution in [3.8, 4) is 0 Å². The first kappa shape index (κ1) is 14.3. The van der Waals surface area contributed by atoms with Crippen LogP contribution in [0.15, 0.2) is 24.3 Å². The fourth-order valence-electron chi connectivity index (χ4n) is 1.53. The average Bonchev–Trinajstić information content (AvgIpc) is 2.27. The molecule has 0 aromatic heterocycles. The summed E-state index contributed by atoms with van der Waals surface area (Å²) in [6.07, 6.45) is 3.91. The molecule has 0 saturated carbocycles. The van der Waals surface area contributed by atoms with E-state index in [1.54, 1.807) is 12.1 Å². The first-order chi connectivity index (χ1) is 8.18. The van der Waals surface area contributed by atoms with Crippen molar-refractivity contribution in [2.24, 2.45) is 0 Å². The lowest BCUT2D eigenvalue weighted by atomic mass is 10.1. The van der Waals surface area contributed by atoms with Gasteiger partial charge < -0.3 is 14.6 Å². The molecule has 1 rings (SSSR count). The largest absolute Gasteiger partial charge is 0.372 e. The van der Waals surface area contributed by atoms with E-state index in [1.807, 2.05) is 6.07 Å². The Morgan fingerprint density at radius 2 is 2.06 bits per heavy atom. The van der Waals surface area contributed by atoms with E-state index in [2.05, 4.69) is 4.43 Å². The first-order valence-electron chi connectivity index (χ1n) is 5.67. The predicted octanol–water partition coefficient (Wildman–Crippen LogP) is 1.86. The summed E-state index contributed by atoms with van der Waals surface area (Å²) in [5, 5.41) is 16.9. The molecule has 0 saturated heterocycles. The maximum absolute atomic E-state index is 12.9. The van der Waals surface area contributed by atoms with Gasteiger partial charge in [-0.1, -0.05) is 25.0 Å². The van der Waals surface area contributed by atoms with Crippen LogP contribution in [0.2, 0.25) is 6.04 Å². The highest BCUT2D eigenvalue weighted by molar-refractivity contribution is 6.26. The van der Waals surface area contributed by atoms with Gasteiger partial charge in [0.2, 0.25) is 9.76 Å². The Morgan fingerprint density at radius 1 is 1.24 bits per heavy atom. The summed E-state index contributed by atoms with van der Waals surface area (Å²) in [5.74, 6) is -0.186. The highest BCUT2D eigenvalue weighted by atomic mass is 28.2. The number of aliphatic hydroxyl groups excluding tert-OH is 1. The zero-order valence-corrected chi connectivity index (χ0v) is 10.6. The van der Waals surface area contributed by atoms with E-state index in [0.717, 1.165) is 37.3 Å². The van der Waals surface area contributed by atoms with Gasteiger partial charge in [-0.05, 0) is 36.6 Å². The highest BCUT2D eigenvalue weighted by Crippen LogP contribution is 2.09. The topological polar surface area (TPSA) is 49.7 Å². The molecule has 2 radical (unpaired) electrons.